The lowest BCUT2D eigenvalue weighted by molar-refractivity contribution is -0.211. The number of carbonyl (C=O) groups excluding carboxylic acids is 1. The quantitative estimate of drug-likeness (QED) is 0.615. The van der Waals surface area contributed by atoms with E-state index >= 15 is 0 Å². The molecule has 1 radical (unpaired) electrons. The van der Waals surface area contributed by atoms with Crippen LogP contribution in [0.2, 0.25) is 6.82 Å². The van der Waals surface area contributed by atoms with Crippen LogP contribution in [0.15, 0.2) is 24.3 Å². The molecule has 157 valence electrons. The van der Waals surface area contributed by atoms with Gasteiger partial charge in [-0.25, -0.2) is 0 Å². The smallest absolute Gasteiger partial charge is 0.229 e. The molecule has 4 bridgehead atoms. The van der Waals surface area contributed by atoms with Gasteiger partial charge in [0.05, 0.1) is 11.5 Å². The number of aromatic hydroxyl groups is 1. The number of piperidine rings is 1. The Hall–Kier alpha value is -1.99. The van der Waals surface area contributed by atoms with E-state index in [1.807, 2.05) is 11.9 Å². The minimum absolute atomic E-state index is 0.00352. The predicted molar refractivity (Wildman–Crippen MR) is 113 cm³/mol. The predicted octanol–water partition coefficient (Wildman–Crippen LogP) is 2.17. The fraction of sp³-hybridized carbons (Fsp3) is 0.609. The zero-order valence-corrected chi connectivity index (χ0v) is 18.0. The maximum atomic E-state index is 12.7. The Morgan fingerprint density at radius 1 is 1.40 bits per heavy atom. The van der Waals surface area contributed by atoms with Gasteiger partial charge in [0, 0.05) is 31.2 Å². The van der Waals surface area contributed by atoms with Crippen LogP contribution in [0.25, 0.3) is 0 Å². The molecule has 6 aliphatic rings. The zero-order chi connectivity index (χ0) is 21.1. The van der Waals surface area contributed by atoms with Crippen molar-refractivity contribution in [2.24, 2.45) is 5.41 Å². The van der Waals surface area contributed by atoms with Gasteiger partial charge in [0.25, 0.3) is 0 Å². The van der Waals surface area contributed by atoms with Gasteiger partial charge in [0.15, 0.2) is 17.3 Å². The number of fused-ring (bicyclic) bond motifs is 1. The monoisotopic (exact) mass is 407 g/mol. The first-order valence-corrected chi connectivity index (χ1v) is 10.9. The molecule has 1 aromatic rings. The number of phenols is 1. The van der Waals surface area contributed by atoms with Crippen LogP contribution in [0.4, 0.5) is 4.79 Å². The molecular formula is C23H28BN2O4. The highest BCUT2D eigenvalue weighted by molar-refractivity contribution is 6.72. The second-order valence-corrected chi connectivity index (χ2v) is 9.76. The summed E-state index contributed by atoms with van der Waals surface area (Å²) in [5, 5.41) is 10.7. The lowest BCUT2D eigenvalue weighted by atomic mass is 9.38. The first kappa shape index (κ1) is 18.8. The van der Waals surface area contributed by atoms with Gasteiger partial charge in [-0.2, -0.15) is 0 Å². The second-order valence-electron chi connectivity index (χ2n) is 9.76. The highest BCUT2D eigenvalue weighted by atomic mass is 16.6. The van der Waals surface area contributed by atoms with Crippen molar-refractivity contribution in [2.45, 2.75) is 55.3 Å². The lowest BCUT2D eigenvalue weighted by Gasteiger charge is -2.71. The van der Waals surface area contributed by atoms with E-state index < -0.39 is 5.60 Å². The molecule has 2 spiro atoms. The zero-order valence-electron chi connectivity index (χ0n) is 18.0. The van der Waals surface area contributed by atoms with Gasteiger partial charge >= 0.3 is 0 Å². The summed E-state index contributed by atoms with van der Waals surface area (Å²) >= 11 is 0. The Labute approximate surface area is 178 Å². The maximum Gasteiger partial charge on any atom is 0.229 e. The van der Waals surface area contributed by atoms with Crippen LogP contribution in [0, 0.1) is 5.41 Å². The summed E-state index contributed by atoms with van der Waals surface area (Å²) in [6, 6.07) is 4.03. The van der Waals surface area contributed by atoms with E-state index in [-0.39, 0.29) is 34.5 Å². The SMILES string of the molecule is C[B]C(=O)N(C)C1C[C@@]23C=CC1(OC)C1Oc4c(O)ccc5c4[C@@]12CCN(C)[C@@H]3C5. The van der Waals surface area contributed by atoms with E-state index in [2.05, 4.69) is 30.2 Å². The number of amides is 1. The van der Waals surface area contributed by atoms with E-state index in [0.717, 1.165) is 25.8 Å². The summed E-state index contributed by atoms with van der Waals surface area (Å²) < 4.78 is 13.0. The highest BCUT2D eigenvalue weighted by Crippen LogP contribution is 2.73. The Bertz CT molecular complexity index is 998. The summed E-state index contributed by atoms with van der Waals surface area (Å²) in [5.41, 5.74) is 1.31. The number of likely N-dealkylation sites (tertiary alicyclic amines) is 1. The second kappa shape index (κ2) is 5.62. The molecule has 1 saturated carbocycles. The molecule has 3 unspecified atom stereocenters. The first-order chi connectivity index (χ1) is 14.4. The first-order valence-electron chi connectivity index (χ1n) is 10.9. The summed E-state index contributed by atoms with van der Waals surface area (Å²) in [6.07, 6.45) is 6.98. The lowest BCUT2D eigenvalue weighted by Crippen LogP contribution is -2.81. The van der Waals surface area contributed by atoms with Gasteiger partial charge in [-0.1, -0.05) is 25.0 Å². The molecule has 1 saturated heterocycles. The minimum atomic E-state index is -0.754. The van der Waals surface area contributed by atoms with Crippen molar-refractivity contribution in [3.63, 3.8) is 0 Å². The Morgan fingerprint density at radius 3 is 2.93 bits per heavy atom. The summed E-state index contributed by atoms with van der Waals surface area (Å²) in [7, 11) is 7.43. The summed E-state index contributed by atoms with van der Waals surface area (Å²) in [6.45, 7) is 2.76. The van der Waals surface area contributed by atoms with Crippen molar-refractivity contribution in [1.29, 1.82) is 0 Å². The van der Waals surface area contributed by atoms with E-state index in [1.165, 1.54) is 11.1 Å². The number of hydrogen-bond donors (Lipinski definition) is 1. The average Bonchev–Trinajstić information content (AvgIpc) is 3.14. The normalized spacial score (nSPS) is 41.9. The van der Waals surface area contributed by atoms with Crippen LogP contribution in [0.5, 0.6) is 11.5 Å². The van der Waals surface area contributed by atoms with Crippen molar-refractivity contribution < 1.29 is 19.4 Å². The number of nitrogens with zero attached hydrogens (tertiary/aromatic N) is 2. The van der Waals surface area contributed by atoms with Gasteiger partial charge in [-0.15, -0.1) is 0 Å². The largest absolute Gasteiger partial charge is 0.504 e. The third-order valence-corrected chi connectivity index (χ3v) is 9.10. The third kappa shape index (κ3) is 1.73. The van der Waals surface area contributed by atoms with Gasteiger partial charge in [-0.05, 0) is 44.5 Å². The number of phenolic OH excluding ortho intramolecular Hbond substituents is 1. The van der Waals surface area contributed by atoms with E-state index in [0.29, 0.717) is 11.8 Å². The van der Waals surface area contributed by atoms with E-state index in [9.17, 15) is 9.90 Å². The molecular weight excluding hydrogens is 379 g/mol. The van der Waals surface area contributed by atoms with Gasteiger partial charge in [-0.3, -0.25) is 4.79 Å². The molecule has 7 rings (SSSR count). The Balaban J connectivity index is 1.65. The molecule has 6 atom stereocenters. The van der Waals surface area contributed by atoms with Crippen molar-refractivity contribution in [3.8, 4) is 11.5 Å². The Kier molecular flexibility index (Phi) is 3.52. The molecule has 1 amide bonds. The average molecular weight is 407 g/mol. The molecule has 4 aliphatic carbocycles. The number of carbonyl (C=O) groups is 1. The molecule has 1 N–H and O–H groups in total. The highest BCUT2D eigenvalue weighted by Gasteiger charge is 2.79. The van der Waals surface area contributed by atoms with Crippen LogP contribution in [-0.2, 0) is 16.6 Å². The fourth-order valence-electron chi connectivity index (χ4n) is 7.81. The molecule has 2 heterocycles. The molecule has 2 aliphatic heterocycles. The molecule has 0 aromatic heterocycles. The van der Waals surface area contributed by atoms with Crippen molar-refractivity contribution >= 4 is 13.1 Å². The maximum absolute atomic E-state index is 12.7. The minimum Gasteiger partial charge on any atom is -0.504 e. The standard InChI is InChI=1S/C23H28BN2O4/c1-24-20(28)26(3)16-12-21-7-8-23(16,29-4)19-22(21)9-10-25(2)15(21)11-13-5-6-14(27)18(30-19)17(13)22/h5-8,15-16,19,27H,9-12H2,1-4H3/t15-,16?,19?,21-,22+,23?/m1/s1. The van der Waals surface area contributed by atoms with Gasteiger partial charge in [0.2, 0.25) is 7.28 Å². The number of methoxy groups -OCH3 is 1. The van der Waals surface area contributed by atoms with Crippen molar-refractivity contribution in [3.05, 3.63) is 35.4 Å². The van der Waals surface area contributed by atoms with Gasteiger partial charge in [0.1, 0.15) is 11.7 Å². The number of benzene rings is 1. The van der Waals surface area contributed by atoms with Crippen molar-refractivity contribution in [1.82, 2.24) is 9.80 Å². The fourth-order valence-corrected chi connectivity index (χ4v) is 7.81. The van der Waals surface area contributed by atoms with Crippen LogP contribution in [-0.4, -0.2) is 79.5 Å². The van der Waals surface area contributed by atoms with Crippen LogP contribution in [0.3, 0.4) is 0 Å². The summed E-state index contributed by atoms with van der Waals surface area (Å²) in [5.74, 6) is 0.835. The Morgan fingerprint density at radius 2 is 2.20 bits per heavy atom. The van der Waals surface area contributed by atoms with E-state index in [4.69, 9.17) is 9.47 Å². The van der Waals surface area contributed by atoms with Crippen LogP contribution in [0.1, 0.15) is 24.0 Å². The third-order valence-electron chi connectivity index (χ3n) is 9.10. The van der Waals surface area contributed by atoms with Crippen LogP contribution >= 0.6 is 0 Å². The number of hydrogen-bond acceptors (Lipinski definition) is 5. The molecule has 1 aromatic carbocycles. The topological polar surface area (TPSA) is 62.2 Å². The number of likely N-dealkylation sites (N-methyl/N-ethyl adjacent to an activating group) is 2. The van der Waals surface area contributed by atoms with E-state index in [1.54, 1.807) is 27.3 Å². The molecule has 2 fully saturated rings. The van der Waals surface area contributed by atoms with Crippen molar-refractivity contribution in [2.75, 3.05) is 27.7 Å². The molecule has 6 nitrogen and oxygen atoms in total. The molecule has 7 heteroatoms. The van der Waals surface area contributed by atoms with Gasteiger partial charge < -0.3 is 24.4 Å². The number of rotatable bonds is 3. The van der Waals surface area contributed by atoms with Crippen LogP contribution < -0.4 is 4.74 Å². The number of ether oxygens (including phenoxy) is 2. The summed E-state index contributed by atoms with van der Waals surface area (Å²) in [4.78, 5) is 17.0. The molecule has 30 heavy (non-hydrogen) atoms.